The third-order valence-electron chi connectivity index (χ3n) is 1.39. The summed E-state index contributed by atoms with van der Waals surface area (Å²) >= 11 is 5.60. The van der Waals surface area contributed by atoms with Crippen molar-refractivity contribution in [3.63, 3.8) is 0 Å². The highest BCUT2D eigenvalue weighted by atomic mass is 35.5. The van der Waals surface area contributed by atoms with E-state index in [4.69, 9.17) is 21.8 Å². The first-order valence-electron chi connectivity index (χ1n) is 3.49. The van der Waals surface area contributed by atoms with Gasteiger partial charge in [0.05, 0.1) is 5.02 Å². The van der Waals surface area contributed by atoms with Gasteiger partial charge in [0.1, 0.15) is 5.75 Å². The Morgan fingerprint density at radius 1 is 1.46 bits per heavy atom. The van der Waals surface area contributed by atoms with Crippen LogP contribution in [0, 0.1) is 0 Å². The molecule has 3 nitrogen and oxygen atoms in total. The summed E-state index contributed by atoms with van der Waals surface area (Å²) < 4.78 is 0. The first kappa shape index (κ1) is 9.61. The predicted octanol–water partition coefficient (Wildman–Crippen LogP) is 2.14. The second-order valence-electron chi connectivity index (χ2n) is 2.38. The first-order valence-corrected chi connectivity index (χ1v) is 3.87. The summed E-state index contributed by atoms with van der Waals surface area (Å²) in [5.74, 6) is -1.04. The number of phenolic OH excluding ortho intramolecular Hbond substituents is 1. The zero-order valence-electron chi connectivity index (χ0n) is 6.57. The lowest BCUT2D eigenvalue weighted by molar-refractivity contribution is -0.131. The molecular formula is C9H7ClO3. The molecule has 0 radical (unpaired) electrons. The molecule has 0 fully saturated rings. The lowest BCUT2D eigenvalue weighted by atomic mass is 10.2. The Morgan fingerprint density at radius 3 is 2.69 bits per heavy atom. The highest BCUT2D eigenvalue weighted by Gasteiger charge is 1.97. The fraction of sp³-hybridized carbons (Fsp3) is 0. The minimum Gasteiger partial charge on any atom is -0.506 e. The molecule has 13 heavy (non-hydrogen) atoms. The quantitative estimate of drug-likeness (QED) is 0.716. The van der Waals surface area contributed by atoms with Gasteiger partial charge in [-0.15, -0.1) is 0 Å². The van der Waals surface area contributed by atoms with Gasteiger partial charge in [-0.2, -0.15) is 0 Å². The monoisotopic (exact) mass is 198 g/mol. The molecule has 2 N–H and O–H groups in total. The van der Waals surface area contributed by atoms with Crippen LogP contribution in [0.4, 0.5) is 0 Å². The minimum atomic E-state index is -1.02. The van der Waals surface area contributed by atoms with E-state index in [-0.39, 0.29) is 10.8 Å². The summed E-state index contributed by atoms with van der Waals surface area (Å²) in [5, 5.41) is 17.6. The number of carbonyl (C=O) groups is 1. The van der Waals surface area contributed by atoms with Crippen molar-refractivity contribution >= 4 is 23.6 Å². The van der Waals surface area contributed by atoms with E-state index >= 15 is 0 Å². The largest absolute Gasteiger partial charge is 0.506 e. The van der Waals surface area contributed by atoms with Crippen molar-refractivity contribution in [3.05, 3.63) is 34.9 Å². The van der Waals surface area contributed by atoms with Gasteiger partial charge < -0.3 is 10.2 Å². The van der Waals surface area contributed by atoms with Crippen LogP contribution in [0.2, 0.25) is 5.02 Å². The number of phenols is 1. The third-order valence-corrected chi connectivity index (χ3v) is 1.69. The fourth-order valence-corrected chi connectivity index (χ4v) is 0.983. The molecule has 1 aromatic rings. The Morgan fingerprint density at radius 2 is 2.15 bits per heavy atom. The maximum Gasteiger partial charge on any atom is 0.328 e. The van der Waals surface area contributed by atoms with Crippen LogP contribution in [-0.2, 0) is 4.79 Å². The predicted molar refractivity (Wildman–Crippen MR) is 49.8 cm³/mol. The topological polar surface area (TPSA) is 57.5 Å². The Hall–Kier alpha value is -1.48. The molecule has 4 heteroatoms. The van der Waals surface area contributed by atoms with E-state index in [0.29, 0.717) is 5.56 Å². The molecule has 0 amide bonds. The fourth-order valence-electron chi connectivity index (χ4n) is 0.794. The van der Waals surface area contributed by atoms with Crippen molar-refractivity contribution in [3.8, 4) is 5.75 Å². The molecule has 68 valence electrons. The molecule has 1 rings (SSSR count). The van der Waals surface area contributed by atoms with Crippen LogP contribution in [0.3, 0.4) is 0 Å². The van der Waals surface area contributed by atoms with Crippen LogP contribution in [0.5, 0.6) is 5.75 Å². The van der Waals surface area contributed by atoms with E-state index < -0.39 is 5.97 Å². The molecule has 0 heterocycles. The number of carboxylic acid groups (broad SMARTS) is 1. The van der Waals surface area contributed by atoms with E-state index in [1.807, 2.05) is 0 Å². The number of hydrogen-bond donors (Lipinski definition) is 2. The van der Waals surface area contributed by atoms with Crippen molar-refractivity contribution in [2.45, 2.75) is 0 Å². The first-order chi connectivity index (χ1) is 6.09. The second kappa shape index (κ2) is 3.96. The van der Waals surface area contributed by atoms with Crippen molar-refractivity contribution in [2.24, 2.45) is 0 Å². The Balaban J connectivity index is 2.92. The second-order valence-corrected chi connectivity index (χ2v) is 2.79. The number of aromatic hydroxyl groups is 1. The summed E-state index contributed by atoms with van der Waals surface area (Å²) in [6, 6.07) is 4.46. The average molecular weight is 199 g/mol. The summed E-state index contributed by atoms with van der Waals surface area (Å²) in [6.45, 7) is 0. The van der Waals surface area contributed by atoms with E-state index in [9.17, 15) is 4.79 Å². The molecule has 0 aliphatic heterocycles. The summed E-state index contributed by atoms with van der Waals surface area (Å²) in [6.07, 6.45) is 2.40. The van der Waals surface area contributed by atoms with Gasteiger partial charge in [-0.25, -0.2) is 4.79 Å². The van der Waals surface area contributed by atoms with Crippen molar-refractivity contribution in [1.82, 2.24) is 0 Å². The number of aliphatic carboxylic acids is 1. The Labute approximate surface area is 79.9 Å². The zero-order valence-corrected chi connectivity index (χ0v) is 7.32. The van der Waals surface area contributed by atoms with E-state index in [2.05, 4.69) is 0 Å². The van der Waals surface area contributed by atoms with Crippen LogP contribution >= 0.6 is 11.6 Å². The lowest BCUT2D eigenvalue weighted by Gasteiger charge is -1.96. The molecule has 0 saturated carbocycles. The molecule has 0 aromatic heterocycles. The van der Waals surface area contributed by atoms with Gasteiger partial charge in [0, 0.05) is 6.08 Å². The molecule has 0 bridgehead atoms. The maximum absolute atomic E-state index is 10.2. The molecule has 0 unspecified atom stereocenters. The SMILES string of the molecule is O=C(O)C=Cc1ccc(O)c(Cl)c1. The minimum absolute atomic E-state index is 0.0193. The van der Waals surface area contributed by atoms with Gasteiger partial charge in [-0.1, -0.05) is 17.7 Å². The van der Waals surface area contributed by atoms with E-state index in [0.717, 1.165) is 6.08 Å². The van der Waals surface area contributed by atoms with Gasteiger partial charge in [0.25, 0.3) is 0 Å². The van der Waals surface area contributed by atoms with Gasteiger partial charge in [-0.3, -0.25) is 0 Å². The van der Waals surface area contributed by atoms with Gasteiger partial charge in [0.15, 0.2) is 0 Å². The molecule has 0 aliphatic carbocycles. The van der Waals surface area contributed by atoms with Crippen LogP contribution in [0.25, 0.3) is 6.08 Å². The van der Waals surface area contributed by atoms with Gasteiger partial charge >= 0.3 is 5.97 Å². The normalized spacial score (nSPS) is 10.5. The van der Waals surface area contributed by atoms with Crippen LogP contribution < -0.4 is 0 Å². The van der Waals surface area contributed by atoms with Crippen LogP contribution in [-0.4, -0.2) is 16.2 Å². The van der Waals surface area contributed by atoms with Crippen molar-refractivity contribution in [1.29, 1.82) is 0 Å². The number of carboxylic acids is 1. The summed E-state index contributed by atoms with van der Waals surface area (Å²) in [7, 11) is 0. The summed E-state index contributed by atoms with van der Waals surface area (Å²) in [4.78, 5) is 10.2. The van der Waals surface area contributed by atoms with E-state index in [1.54, 1.807) is 6.07 Å². The standard InChI is InChI=1S/C9H7ClO3/c10-7-5-6(1-3-8(7)11)2-4-9(12)13/h1-5,11H,(H,12,13). The van der Waals surface area contributed by atoms with E-state index in [1.165, 1.54) is 18.2 Å². The number of benzene rings is 1. The zero-order chi connectivity index (χ0) is 9.84. The number of rotatable bonds is 2. The smallest absolute Gasteiger partial charge is 0.328 e. The molecule has 0 spiro atoms. The molecular weight excluding hydrogens is 192 g/mol. The van der Waals surface area contributed by atoms with Crippen LogP contribution in [0.15, 0.2) is 24.3 Å². The van der Waals surface area contributed by atoms with Crippen LogP contribution in [0.1, 0.15) is 5.56 Å². The van der Waals surface area contributed by atoms with Gasteiger partial charge in [0.2, 0.25) is 0 Å². The molecule has 0 saturated heterocycles. The van der Waals surface area contributed by atoms with Crippen molar-refractivity contribution < 1.29 is 15.0 Å². The molecule has 0 atom stereocenters. The Kier molecular flexibility index (Phi) is 2.93. The van der Waals surface area contributed by atoms with Crippen molar-refractivity contribution in [2.75, 3.05) is 0 Å². The number of hydrogen-bond acceptors (Lipinski definition) is 2. The third kappa shape index (κ3) is 2.80. The molecule has 0 aliphatic rings. The maximum atomic E-state index is 10.2. The molecule has 1 aromatic carbocycles. The number of halogens is 1. The highest BCUT2D eigenvalue weighted by Crippen LogP contribution is 2.23. The lowest BCUT2D eigenvalue weighted by Crippen LogP contribution is -1.85. The average Bonchev–Trinajstić information content (AvgIpc) is 2.07. The Bertz CT molecular complexity index is 358. The highest BCUT2D eigenvalue weighted by molar-refractivity contribution is 6.32. The van der Waals surface area contributed by atoms with Gasteiger partial charge in [-0.05, 0) is 23.8 Å². The summed E-state index contributed by atoms with van der Waals surface area (Å²) in [5.41, 5.74) is 0.630.